The molecule has 6 nitrogen and oxygen atoms in total. The van der Waals surface area contributed by atoms with E-state index in [4.69, 9.17) is 5.73 Å². The lowest BCUT2D eigenvalue weighted by Gasteiger charge is -2.15. The van der Waals surface area contributed by atoms with Gasteiger partial charge >= 0.3 is 0 Å². The largest absolute Gasteiger partial charge is 0.337 e. The van der Waals surface area contributed by atoms with Crippen molar-refractivity contribution in [1.29, 1.82) is 0 Å². The number of aromatic nitrogens is 3. The minimum atomic E-state index is 0.0218. The van der Waals surface area contributed by atoms with Crippen molar-refractivity contribution in [2.75, 3.05) is 13.1 Å². The van der Waals surface area contributed by atoms with E-state index in [1.807, 2.05) is 0 Å². The van der Waals surface area contributed by atoms with Crippen LogP contribution in [-0.4, -0.2) is 44.5 Å². The van der Waals surface area contributed by atoms with E-state index >= 15 is 0 Å². The second-order valence-electron chi connectivity index (χ2n) is 4.31. The average molecular weight is 231 g/mol. The second-order valence-corrected chi connectivity index (χ2v) is 4.31. The highest BCUT2D eigenvalue weighted by Gasteiger charge is 2.24. The van der Waals surface area contributed by atoms with E-state index in [-0.39, 0.29) is 11.9 Å². The first kappa shape index (κ1) is 10.2. The van der Waals surface area contributed by atoms with Gasteiger partial charge in [0.2, 0.25) is 0 Å². The fourth-order valence-corrected chi connectivity index (χ4v) is 2.11. The molecule has 1 aliphatic heterocycles. The van der Waals surface area contributed by atoms with E-state index in [0.717, 1.165) is 18.6 Å². The fraction of sp³-hybridized carbons (Fsp3) is 0.364. The first-order valence-electron chi connectivity index (χ1n) is 5.58. The minimum Gasteiger partial charge on any atom is -0.337 e. The Bertz CT molecular complexity index is 564. The summed E-state index contributed by atoms with van der Waals surface area (Å²) in [5.41, 5.74) is 7.18. The molecule has 0 saturated carbocycles. The molecule has 17 heavy (non-hydrogen) atoms. The third-order valence-electron chi connectivity index (χ3n) is 3.05. The molecular formula is C11H13N5O. The Labute approximate surface area is 98.0 Å². The number of nitrogens with two attached hydrogens (primary N) is 1. The molecule has 6 heteroatoms. The summed E-state index contributed by atoms with van der Waals surface area (Å²) in [5, 5.41) is 7.68. The van der Waals surface area contributed by atoms with Crippen molar-refractivity contribution in [3.8, 4) is 0 Å². The SMILES string of the molecule is NC1CCN(C(=O)c2ccc3nncn3c2)C1. The number of fused-ring (bicyclic) bond motifs is 1. The molecule has 2 aromatic heterocycles. The summed E-state index contributed by atoms with van der Waals surface area (Å²) < 4.78 is 1.74. The van der Waals surface area contributed by atoms with Gasteiger partial charge in [-0.05, 0) is 18.6 Å². The van der Waals surface area contributed by atoms with Crippen LogP contribution in [0.4, 0.5) is 0 Å². The van der Waals surface area contributed by atoms with E-state index in [1.165, 1.54) is 0 Å². The topological polar surface area (TPSA) is 76.5 Å². The summed E-state index contributed by atoms with van der Waals surface area (Å²) in [6.07, 6.45) is 4.21. The zero-order valence-corrected chi connectivity index (χ0v) is 9.28. The van der Waals surface area contributed by atoms with Gasteiger partial charge in [-0.2, -0.15) is 0 Å². The Hall–Kier alpha value is -1.95. The summed E-state index contributed by atoms with van der Waals surface area (Å²) in [7, 11) is 0. The molecule has 2 N–H and O–H groups in total. The number of amides is 1. The van der Waals surface area contributed by atoms with Crippen LogP contribution in [0.15, 0.2) is 24.7 Å². The third-order valence-corrected chi connectivity index (χ3v) is 3.05. The van der Waals surface area contributed by atoms with Crippen molar-refractivity contribution in [3.05, 3.63) is 30.2 Å². The molecule has 1 unspecified atom stereocenters. The van der Waals surface area contributed by atoms with Gasteiger partial charge in [-0.1, -0.05) is 0 Å². The van der Waals surface area contributed by atoms with Crippen LogP contribution in [-0.2, 0) is 0 Å². The highest BCUT2D eigenvalue weighted by molar-refractivity contribution is 5.94. The lowest BCUT2D eigenvalue weighted by molar-refractivity contribution is 0.0790. The molecule has 3 rings (SSSR count). The van der Waals surface area contributed by atoms with Gasteiger partial charge in [-0.25, -0.2) is 0 Å². The molecule has 1 fully saturated rings. The molecule has 1 atom stereocenters. The van der Waals surface area contributed by atoms with Crippen LogP contribution in [0.5, 0.6) is 0 Å². The van der Waals surface area contributed by atoms with E-state index < -0.39 is 0 Å². The maximum atomic E-state index is 12.2. The predicted octanol–water partition coefficient (Wildman–Crippen LogP) is -0.0975. The molecule has 0 bridgehead atoms. The number of pyridine rings is 1. The van der Waals surface area contributed by atoms with Crippen molar-refractivity contribution < 1.29 is 4.79 Å². The van der Waals surface area contributed by atoms with Gasteiger partial charge < -0.3 is 10.6 Å². The highest BCUT2D eigenvalue weighted by atomic mass is 16.2. The van der Waals surface area contributed by atoms with Crippen molar-refractivity contribution in [2.24, 2.45) is 5.73 Å². The summed E-state index contributed by atoms with van der Waals surface area (Å²) in [4.78, 5) is 14.0. The van der Waals surface area contributed by atoms with Crippen LogP contribution in [0, 0.1) is 0 Å². The van der Waals surface area contributed by atoms with E-state index in [9.17, 15) is 4.79 Å². The molecule has 0 aliphatic carbocycles. The summed E-state index contributed by atoms with van der Waals surface area (Å²) in [5.74, 6) is 0.0218. The van der Waals surface area contributed by atoms with Crippen molar-refractivity contribution in [1.82, 2.24) is 19.5 Å². The van der Waals surface area contributed by atoms with Gasteiger partial charge in [0.1, 0.15) is 6.33 Å². The Morgan fingerprint density at radius 3 is 3.12 bits per heavy atom. The molecule has 3 heterocycles. The summed E-state index contributed by atoms with van der Waals surface area (Å²) in [6, 6.07) is 3.67. The zero-order valence-electron chi connectivity index (χ0n) is 9.28. The highest BCUT2D eigenvalue weighted by Crippen LogP contribution is 2.13. The van der Waals surface area contributed by atoms with E-state index in [2.05, 4.69) is 10.2 Å². The molecule has 0 aromatic carbocycles. The number of rotatable bonds is 1. The van der Waals surface area contributed by atoms with Gasteiger partial charge in [-0.3, -0.25) is 9.20 Å². The Balaban J connectivity index is 1.89. The van der Waals surface area contributed by atoms with Crippen molar-refractivity contribution in [3.63, 3.8) is 0 Å². The molecular weight excluding hydrogens is 218 g/mol. The smallest absolute Gasteiger partial charge is 0.255 e. The summed E-state index contributed by atoms with van der Waals surface area (Å²) >= 11 is 0. The minimum absolute atomic E-state index is 0.0218. The first-order valence-corrected chi connectivity index (χ1v) is 5.58. The zero-order chi connectivity index (χ0) is 11.8. The van der Waals surface area contributed by atoms with Gasteiger partial charge in [0.15, 0.2) is 5.65 Å². The molecule has 0 radical (unpaired) electrons. The molecule has 1 aliphatic rings. The Morgan fingerprint density at radius 2 is 2.35 bits per heavy atom. The first-order chi connectivity index (χ1) is 8.24. The number of carbonyl (C=O) groups excluding carboxylic acids is 1. The maximum absolute atomic E-state index is 12.2. The molecule has 1 saturated heterocycles. The Kier molecular flexibility index (Phi) is 2.29. The Morgan fingerprint density at radius 1 is 1.47 bits per heavy atom. The third kappa shape index (κ3) is 1.76. The average Bonchev–Trinajstić information content (AvgIpc) is 2.95. The van der Waals surface area contributed by atoms with Gasteiger partial charge in [0.25, 0.3) is 5.91 Å². The number of carbonyl (C=O) groups is 1. The quantitative estimate of drug-likeness (QED) is 0.743. The molecule has 88 valence electrons. The normalized spacial score (nSPS) is 20.1. The number of hydrogen-bond acceptors (Lipinski definition) is 4. The van der Waals surface area contributed by atoms with Gasteiger partial charge in [-0.15, -0.1) is 10.2 Å². The molecule has 2 aromatic rings. The fourth-order valence-electron chi connectivity index (χ4n) is 2.11. The monoisotopic (exact) mass is 231 g/mol. The summed E-state index contributed by atoms with van der Waals surface area (Å²) in [6.45, 7) is 1.37. The molecule has 0 spiro atoms. The van der Waals surface area contributed by atoms with Gasteiger partial charge in [0, 0.05) is 25.3 Å². The second kappa shape index (κ2) is 3.81. The van der Waals surface area contributed by atoms with Crippen molar-refractivity contribution in [2.45, 2.75) is 12.5 Å². The van der Waals surface area contributed by atoms with Crippen LogP contribution in [0.2, 0.25) is 0 Å². The standard InChI is InChI=1S/C11H13N5O/c12-9-3-4-15(6-9)11(17)8-1-2-10-14-13-7-16(10)5-8/h1-2,5,7,9H,3-4,6,12H2. The van der Waals surface area contributed by atoms with Crippen LogP contribution in [0.3, 0.4) is 0 Å². The predicted molar refractivity (Wildman–Crippen MR) is 61.5 cm³/mol. The number of likely N-dealkylation sites (tertiary alicyclic amines) is 1. The lowest BCUT2D eigenvalue weighted by atomic mass is 10.2. The van der Waals surface area contributed by atoms with Crippen molar-refractivity contribution >= 4 is 11.6 Å². The van der Waals surface area contributed by atoms with Gasteiger partial charge in [0.05, 0.1) is 5.56 Å². The van der Waals surface area contributed by atoms with Crippen LogP contribution in [0.1, 0.15) is 16.8 Å². The molecule has 1 amide bonds. The maximum Gasteiger partial charge on any atom is 0.255 e. The van der Waals surface area contributed by atoms with E-state index in [1.54, 1.807) is 34.0 Å². The number of nitrogens with zero attached hydrogens (tertiary/aromatic N) is 4. The van der Waals surface area contributed by atoms with E-state index in [0.29, 0.717) is 12.1 Å². The number of hydrogen-bond donors (Lipinski definition) is 1. The van der Waals surface area contributed by atoms with Crippen LogP contribution >= 0.6 is 0 Å². The van der Waals surface area contributed by atoms with Crippen LogP contribution in [0.25, 0.3) is 5.65 Å². The lowest BCUT2D eigenvalue weighted by Crippen LogP contribution is -2.31. The van der Waals surface area contributed by atoms with Crippen LogP contribution < -0.4 is 5.73 Å².